The minimum Gasteiger partial charge on any atom is -0.501 e. The Hall–Kier alpha value is -0.830. The van der Waals surface area contributed by atoms with E-state index in [0.29, 0.717) is 12.2 Å². The Morgan fingerprint density at radius 2 is 2.36 bits per heavy atom. The van der Waals surface area contributed by atoms with Crippen LogP contribution in [0.25, 0.3) is 0 Å². The quantitative estimate of drug-likeness (QED) is 0.601. The molecule has 0 aromatic heterocycles. The Balaban J connectivity index is 2.79. The number of hydrogen-bond acceptors (Lipinski definition) is 3. The topological polar surface area (TPSA) is 46.5 Å². The SMILES string of the molecule is COC1=CC(=O)[C@H](O)C[C@@H]1C. The van der Waals surface area contributed by atoms with Gasteiger partial charge in [-0.15, -0.1) is 0 Å². The van der Waals surface area contributed by atoms with Gasteiger partial charge in [0.05, 0.1) is 7.11 Å². The second kappa shape index (κ2) is 3.05. The van der Waals surface area contributed by atoms with Crippen LogP contribution in [-0.4, -0.2) is 24.1 Å². The molecule has 0 spiro atoms. The van der Waals surface area contributed by atoms with Gasteiger partial charge in [0.15, 0.2) is 5.78 Å². The predicted octanol–water partition coefficient (Wildman–Crippen LogP) is 0.486. The summed E-state index contributed by atoms with van der Waals surface area (Å²) in [6.45, 7) is 1.92. The van der Waals surface area contributed by atoms with Crippen LogP contribution in [0.3, 0.4) is 0 Å². The van der Waals surface area contributed by atoms with E-state index in [2.05, 4.69) is 0 Å². The Kier molecular flexibility index (Phi) is 2.29. The first-order valence-electron chi connectivity index (χ1n) is 3.62. The summed E-state index contributed by atoms with van der Waals surface area (Å²) in [6.07, 6.45) is 1.01. The fraction of sp³-hybridized carbons (Fsp3) is 0.625. The van der Waals surface area contributed by atoms with Crippen LogP contribution in [0.15, 0.2) is 11.8 Å². The van der Waals surface area contributed by atoms with E-state index in [0.717, 1.165) is 0 Å². The van der Waals surface area contributed by atoms with Crippen molar-refractivity contribution < 1.29 is 14.6 Å². The number of ether oxygens (including phenoxy) is 1. The van der Waals surface area contributed by atoms with Gasteiger partial charge in [-0.1, -0.05) is 6.92 Å². The molecule has 1 aliphatic rings. The maximum Gasteiger partial charge on any atom is 0.187 e. The molecule has 0 fully saturated rings. The molecule has 1 aliphatic carbocycles. The molecule has 3 heteroatoms. The Morgan fingerprint density at radius 1 is 1.73 bits per heavy atom. The number of methoxy groups -OCH3 is 1. The van der Waals surface area contributed by atoms with Crippen LogP contribution in [0, 0.1) is 5.92 Å². The lowest BCUT2D eigenvalue weighted by molar-refractivity contribution is -0.124. The van der Waals surface area contributed by atoms with Crippen LogP contribution >= 0.6 is 0 Å². The number of carbonyl (C=O) groups is 1. The molecule has 0 amide bonds. The number of carbonyl (C=O) groups excluding carboxylic acids is 1. The van der Waals surface area contributed by atoms with E-state index >= 15 is 0 Å². The van der Waals surface area contributed by atoms with Crippen LogP contribution in [0.1, 0.15) is 13.3 Å². The minimum absolute atomic E-state index is 0.146. The molecule has 0 unspecified atom stereocenters. The molecular weight excluding hydrogens is 144 g/mol. The van der Waals surface area contributed by atoms with Gasteiger partial charge >= 0.3 is 0 Å². The van der Waals surface area contributed by atoms with Crippen molar-refractivity contribution in [1.82, 2.24) is 0 Å². The minimum atomic E-state index is -0.830. The van der Waals surface area contributed by atoms with Crippen molar-refractivity contribution in [3.05, 3.63) is 11.8 Å². The summed E-state index contributed by atoms with van der Waals surface area (Å²) in [5.41, 5.74) is 0. The fourth-order valence-electron chi connectivity index (χ4n) is 1.21. The van der Waals surface area contributed by atoms with Gasteiger partial charge in [-0.25, -0.2) is 0 Å². The highest BCUT2D eigenvalue weighted by Crippen LogP contribution is 2.22. The lowest BCUT2D eigenvalue weighted by Crippen LogP contribution is -2.27. The molecule has 1 N–H and O–H groups in total. The van der Waals surface area contributed by atoms with Gasteiger partial charge in [-0.3, -0.25) is 4.79 Å². The van der Waals surface area contributed by atoms with Gasteiger partial charge in [-0.05, 0) is 6.42 Å². The van der Waals surface area contributed by atoms with Crippen molar-refractivity contribution in [2.24, 2.45) is 5.92 Å². The summed E-state index contributed by atoms with van der Waals surface area (Å²) in [4.78, 5) is 10.9. The van der Waals surface area contributed by atoms with Gasteiger partial charge in [0, 0.05) is 12.0 Å². The monoisotopic (exact) mass is 156 g/mol. The highest BCUT2D eigenvalue weighted by atomic mass is 16.5. The van der Waals surface area contributed by atoms with Gasteiger partial charge in [0.2, 0.25) is 0 Å². The number of ketones is 1. The third-order valence-electron chi connectivity index (χ3n) is 1.91. The Bertz CT molecular complexity index is 196. The van der Waals surface area contributed by atoms with Crippen molar-refractivity contribution in [1.29, 1.82) is 0 Å². The van der Waals surface area contributed by atoms with E-state index in [1.165, 1.54) is 13.2 Å². The third kappa shape index (κ3) is 1.60. The molecule has 0 saturated heterocycles. The first kappa shape index (κ1) is 8.27. The maximum atomic E-state index is 10.9. The summed E-state index contributed by atoms with van der Waals surface area (Å²) < 4.78 is 4.95. The summed E-state index contributed by atoms with van der Waals surface area (Å²) in [7, 11) is 1.54. The average Bonchev–Trinajstić information content (AvgIpc) is 1.97. The summed E-state index contributed by atoms with van der Waals surface area (Å²) in [6, 6.07) is 0. The number of aliphatic hydroxyl groups is 1. The van der Waals surface area contributed by atoms with Crippen molar-refractivity contribution in [3.8, 4) is 0 Å². The zero-order valence-corrected chi connectivity index (χ0v) is 6.70. The largest absolute Gasteiger partial charge is 0.501 e. The maximum absolute atomic E-state index is 10.9. The van der Waals surface area contributed by atoms with Crippen LogP contribution < -0.4 is 0 Å². The number of aliphatic hydroxyl groups excluding tert-OH is 1. The second-order valence-electron chi connectivity index (χ2n) is 2.81. The standard InChI is InChI=1S/C8H12O3/c1-5-3-6(9)7(10)4-8(5)11-2/h4-6,9H,3H2,1-2H3/t5-,6+/m0/s1. The summed E-state index contributed by atoms with van der Waals surface area (Å²) in [5.74, 6) is 0.563. The van der Waals surface area contributed by atoms with Crippen LogP contribution in [0.4, 0.5) is 0 Å². The molecule has 0 heterocycles. The van der Waals surface area contributed by atoms with Gasteiger partial charge < -0.3 is 9.84 Å². The van der Waals surface area contributed by atoms with Crippen LogP contribution in [0.2, 0.25) is 0 Å². The molecule has 0 bridgehead atoms. The van der Waals surface area contributed by atoms with E-state index in [9.17, 15) is 4.79 Å². The lowest BCUT2D eigenvalue weighted by atomic mass is 9.92. The molecule has 62 valence electrons. The molecule has 11 heavy (non-hydrogen) atoms. The zero-order valence-electron chi connectivity index (χ0n) is 6.70. The van der Waals surface area contributed by atoms with E-state index in [1.807, 2.05) is 6.92 Å². The molecule has 3 nitrogen and oxygen atoms in total. The molecule has 0 aliphatic heterocycles. The van der Waals surface area contributed by atoms with Crippen LogP contribution in [-0.2, 0) is 9.53 Å². The number of rotatable bonds is 1. The highest BCUT2D eigenvalue weighted by Gasteiger charge is 2.25. The van der Waals surface area contributed by atoms with Gasteiger partial charge in [0.1, 0.15) is 11.9 Å². The second-order valence-corrected chi connectivity index (χ2v) is 2.81. The van der Waals surface area contributed by atoms with Crippen molar-refractivity contribution in [2.45, 2.75) is 19.4 Å². The smallest absolute Gasteiger partial charge is 0.187 e. The average molecular weight is 156 g/mol. The predicted molar refractivity (Wildman–Crippen MR) is 39.9 cm³/mol. The molecule has 0 radical (unpaired) electrons. The molecule has 0 saturated carbocycles. The highest BCUT2D eigenvalue weighted by molar-refractivity contribution is 5.94. The third-order valence-corrected chi connectivity index (χ3v) is 1.91. The van der Waals surface area contributed by atoms with Crippen LogP contribution in [0.5, 0.6) is 0 Å². The van der Waals surface area contributed by atoms with E-state index in [1.54, 1.807) is 0 Å². The first-order valence-corrected chi connectivity index (χ1v) is 3.62. The normalized spacial score (nSPS) is 31.5. The lowest BCUT2D eigenvalue weighted by Gasteiger charge is -2.21. The van der Waals surface area contributed by atoms with E-state index in [-0.39, 0.29) is 11.7 Å². The molecular formula is C8H12O3. The molecule has 0 aromatic carbocycles. The van der Waals surface area contributed by atoms with E-state index in [4.69, 9.17) is 9.84 Å². The molecule has 2 atom stereocenters. The zero-order chi connectivity index (χ0) is 8.43. The Labute approximate surface area is 65.7 Å². The fourth-order valence-corrected chi connectivity index (χ4v) is 1.21. The molecule has 1 rings (SSSR count). The number of hydrogen-bond donors (Lipinski definition) is 1. The summed E-state index contributed by atoms with van der Waals surface area (Å²) >= 11 is 0. The van der Waals surface area contributed by atoms with Crippen molar-refractivity contribution >= 4 is 5.78 Å². The van der Waals surface area contributed by atoms with Crippen molar-refractivity contribution in [3.63, 3.8) is 0 Å². The van der Waals surface area contributed by atoms with E-state index < -0.39 is 6.10 Å². The number of allylic oxidation sites excluding steroid dienone is 1. The van der Waals surface area contributed by atoms with Gasteiger partial charge in [-0.2, -0.15) is 0 Å². The van der Waals surface area contributed by atoms with Gasteiger partial charge in [0.25, 0.3) is 0 Å². The Morgan fingerprint density at radius 3 is 2.91 bits per heavy atom. The van der Waals surface area contributed by atoms with Crippen molar-refractivity contribution in [2.75, 3.05) is 7.11 Å². The summed E-state index contributed by atoms with van der Waals surface area (Å²) in [5, 5.41) is 9.11. The molecule has 0 aromatic rings. The first-order chi connectivity index (χ1) is 5.15.